The molecule has 2 aromatic heterocycles. The summed E-state index contributed by atoms with van der Waals surface area (Å²) in [5, 5.41) is 7.76. The van der Waals surface area contributed by atoms with Gasteiger partial charge in [-0.3, -0.25) is 39.2 Å². The van der Waals surface area contributed by atoms with Gasteiger partial charge in [0.05, 0.1) is 22.6 Å². The van der Waals surface area contributed by atoms with Crippen molar-refractivity contribution in [3.05, 3.63) is 83.9 Å². The molecule has 7 heterocycles. The standard InChI is InChI=1S/C41H41FN10O5/c42-31-21-48(15-14-32(31)52-38-35(37(43)44-22-45-38)36(47-52)23-6-9-28(10-7-23)57-27-4-2-1-3-5-27)25-17-50(18-25)26-19-49(20-26)24-8-11-29-30(16-24)41(56)51(40(29)55)33-12-13-34(53)46-39(33)54/h2,4-11,16,22,25-26,31-33H,1,3,12-15,17-21H2,(H2,43,44,45)(H,46,53,54). The number of nitrogen functional groups attached to an aromatic ring is 1. The first-order valence-corrected chi connectivity index (χ1v) is 19.6. The third-order valence-corrected chi connectivity index (χ3v) is 12.3. The van der Waals surface area contributed by atoms with E-state index < -0.39 is 41.9 Å². The van der Waals surface area contributed by atoms with Gasteiger partial charge >= 0.3 is 0 Å². The molecular formula is C41H41FN10O5. The molecule has 10 rings (SSSR count). The quantitative estimate of drug-likeness (QED) is 0.251. The minimum atomic E-state index is -1.16. The van der Waals surface area contributed by atoms with Crippen LogP contribution in [0, 0.1) is 0 Å². The van der Waals surface area contributed by atoms with E-state index in [1.54, 1.807) is 16.8 Å². The lowest BCUT2D eigenvalue weighted by Crippen LogP contribution is -2.70. The van der Waals surface area contributed by atoms with Gasteiger partial charge in [-0.25, -0.2) is 19.0 Å². The molecule has 0 spiro atoms. The number of carbonyl (C=O) groups is 4. The fourth-order valence-electron chi connectivity index (χ4n) is 9.00. The zero-order valence-corrected chi connectivity index (χ0v) is 31.1. The molecule has 2 aromatic carbocycles. The number of likely N-dealkylation sites (tertiary alicyclic amines) is 2. The maximum atomic E-state index is 16.2. The van der Waals surface area contributed by atoms with Crippen molar-refractivity contribution in [2.45, 2.75) is 62.4 Å². The summed E-state index contributed by atoms with van der Waals surface area (Å²) >= 11 is 0. The van der Waals surface area contributed by atoms with E-state index in [-0.39, 0.29) is 30.0 Å². The van der Waals surface area contributed by atoms with Crippen LogP contribution in [-0.2, 0) is 9.59 Å². The summed E-state index contributed by atoms with van der Waals surface area (Å²) in [5.41, 5.74) is 9.71. The summed E-state index contributed by atoms with van der Waals surface area (Å²) in [6.45, 7) is 4.25. The van der Waals surface area contributed by atoms with Gasteiger partial charge < -0.3 is 15.4 Å². The first-order chi connectivity index (χ1) is 27.7. The van der Waals surface area contributed by atoms with Crippen molar-refractivity contribution in [1.82, 2.24) is 39.8 Å². The highest BCUT2D eigenvalue weighted by Crippen LogP contribution is 2.38. The van der Waals surface area contributed by atoms with Crippen LogP contribution in [0.1, 0.15) is 58.9 Å². The topological polar surface area (TPSA) is 172 Å². The number of aromatic nitrogens is 4. The highest BCUT2D eigenvalue weighted by molar-refractivity contribution is 6.23. The summed E-state index contributed by atoms with van der Waals surface area (Å²) in [4.78, 5) is 67.0. The number of allylic oxidation sites excluding steroid dienone is 3. The number of hydrogen-bond acceptors (Lipinski definition) is 12. The number of alkyl halides is 1. The Kier molecular flexibility index (Phi) is 8.62. The Balaban J connectivity index is 0.751. The smallest absolute Gasteiger partial charge is 0.262 e. The van der Waals surface area contributed by atoms with E-state index in [0.717, 1.165) is 67.5 Å². The highest BCUT2D eigenvalue weighted by atomic mass is 19.1. The van der Waals surface area contributed by atoms with Gasteiger partial charge in [0.15, 0.2) is 5.65 Å². The minimum Gasteiger partial charge on any atom is -0.458 e. The summed E-state index contributed by atoms with van der Waals surface area (Å²) in [7, 11) is 0. The van der Waals surface area contributed by atoms with Crippen LogP contribution in [-0.4, -0.2) is 122 Å². The third-order valence-electron chi connectivity index (χ3n) is 12.3. The van der Waals surface area contributed by atoms with Crippen LogP contribution in [0.15, 0.2) is 72.8 Å². The molecule has 3 atom stereocenters. The van der Waals surface area contributed by atoms with Gasteiger partial charge in [0, 0.05) is 69.0 Å². The molecule has 3 N–H and O–H groups in total. The molecule has 6 aliphatic rings. The van der Waals surface area contributed by atoms with E-state index in [9.17, 15) is 19.2 Å². The number of benzene rings is 2. The number of imide groups is 2. The number of piperidine rings is 2. The van der Waals surface area contributed by atoms with Crippen molar-refractivity contribution < 1.29 is 28.3 Å². The van der Waals surface area contributed by atoms with Crippen molar-refractivity contribution >= 4 is 46.2 Å². The molecule has 4 fully saturated rings. The van der Waals surface area contributed by atoms with E-state index in [4.69, 9.17) is 15.6 Å². The summed E-state index contributed by atoms with van der Waals surface area (Å²) in [5.74, 6) is -0.220. The number of hydrogen-bond donors (Lipinski definition) is 2. The van der Waals surface area contributed by atoms with Gasteiger partial charge in [0.1, 0.15) is 41.6 Å². The number of carbonyl (C=O) groups excluding carboxylic acids is 4. The number of halogens is 1. The second-order valence-corrected chi connectivity index (χ2v) is 15.7. The van der Waals surface area contributed by atoms with Crippen LogP contribution in [0.4, 0.5) is 15.9 Å². The molecule has 16 heteroatoms. The van der Waals surface area contributed by atoms with Gasteiger partial charge in [-0.05, 0) is 80.3 Å². The zero-order chi connectivity index (χ0) is 38.9. The Labute approximate surface area is 326 Å². The lowest BCUT2D eigenvalue weighted by molar-refractivity contribution is -0.136. The van der Waals surface area contributed by atoms with Crippen molar-refractivity contribution in [2.75, 3.05) is 49.9 Å². The van der Waals surface area contributed by atoms with E-state index >= 15 is 4.39 Å². The van der Waals surface area contributed by atoms with Gasteiger partial charge in [0.25, 0.3) is 11.8 Å². The van der Waals surface area contributed by atoms with Crippen LogP contribution in [0.2, 0.25) is 0 Å². The zero-order valence-electron chi connectivity index (χ0n) is 31.1. The Morgan fingerprint density at radius 3 is 2.40 bits per heavy atom. The molecule has 15 nitrogen and oxygen atoms in total. The van der Waals surface area contributed by atoms with Gasteiger partial charge in [-0.15, -0.1) is 0 Å². The second-order valence-electron chi connectivity index (χ2n) is 15.7. The molecule has 292 valence electrons. The molecule has 4 amide bonds. The van der Waals surface area contributed by atoms with Crippen molar-refractivity contribution in [2.24, 2.45) is 0 Å². The van der Waals surface area contributed by atoms with Gasteiger partial charge in [0.2, 0.25) is 11.8 Å². The third kappa shape index (κ3) is 6.14. The molecule has 57 heavy (non-hydrogen) atoms. The number of nitrogens with one attached hydrogen (secondary N) is 1. The Hall–Kier alpha value is -6.00. The number of nitrogens with zero attached hydrogens (tertiary/aromatic N) is 8. The molecule has 5 aliphatic heterocycles. The maximum absolute atomic E-state index is 16.2. The van der Waals surface area contributed by atoms with Crippen LogP contribution in [0.3, 0.4) is 0 Å². The first-order valence-electron chi connectivity index (χ1n) is 19.6. The van der Waals surface area contributed by atoms with E-state index in [1.807, 2.05) is 36.4 Å². The molecule has 0 radical (unpaired) electrons. The van der Waals surface area contributed by atoms with Gasteiger partial charge in [-0.2, -0.15) is 5.10 Å². The molecule has 0 saturated carbocycles. The monoisotopic (exact) mass is 772 g/mol. The molecule has 0 bridgehead atoms. The molecular weight excluding hydrogens is 732 g/mol. The fourth-order valence-corrected chi connectivity index (χ4v) is 9.00. The van der Waals surface area contributed by atoms with Gasteiger partial charge in [-0.1, -0.05) is 6.08 Å². The predicted molar refractivity (Wildman–Crippen MR) is 207 cm³/mol. The summed E-state index contributed by atoms with van der Waals surface area (Å²) in [6, 6.07) is 11.9. The lowest BCUT2D eigenvalue weighted by Gasteiger charge is -2.55. The fraction of sp³-hybridized carbons (Fsp3) is 0.390. The normalized spacial score (nSPS) is 24.7. The van der Waals surface area contributed by atoms with Crippen LogP contribution in [0.25, 0.3) is 22.3 Å². The lowest BCUT2D eigenvalue weighted by atomic mass is 9.94. The van der Waals surface area contributed by atoms with Crippen LogP contribution in [0.5, 0.6) is 5.75 Å². The number of fused-ring (bicyclic) bond motifs is 2. The number of amides is 4. The highest BCUT2D eigenvalue weighted by Gasteiger charge is 2.47. The van der Waals surface area contributed by atoms with E-state index in [1.165, 1.54) is 6.33 Å². The number of nitrogens with two attached hydrogens (primary N) is 1. The minimum absolute atomic E-state index is 0.0774. The van der Waals surface area contributed by atoms with Crippen molar-refractivity contribution in [3.63, 3.8) is 0 Å². The number of ether oxygens (including phenoxy) is 1. The molecule has 1 aliphatic carbocycles. The first kappa shape index (κ1) is 35.4. The number of anilines is 2. The van der Waals surface area contributed by atoms with Crippen molar-refractivity contribution in [1.29, 1.82) is 0 Å². The average Bonchev–Trinajstić information content (AvgIpc) is 3.68. The SMILES string of the molecule is Nc1ncnc2c1c(-c1ccc(OC3=CCCC=C3)cc1)nn2C1CCN(C2CN(C3CN(c4ccc5c(c4)C(=O)N(C4CCC(=O)NC4=O)C5=O)C3)C2)CC1F. The largest absolute Gasteiger partial charge is 0.458 e. The Morgan fingerprint density at radius 1 is 0.860 bits per heavy atom. The predicted octanol–water partition coefficient (Wildman–Crippen LogP) is 3.25. The van der Waals surface area contributed by atoms with E-state index in [0.29, 0.717) is 47.3 Å². The molecule has 4 aromatic rings. The maximum Gasteiger partial charge on any atom is 0.262 e. The van der Waals surface area contributed by atoms with Crippen LogP contribution < -0.4 is 20.7 Å². The second kappa shape index (κ2) is 13.9. The Bertz CT molecular complexity index is 2380. The summed E-state index contributed by atoms with van der Waals surface area (Å²) < 4.78 is 23.9. The van der Waals surface area contributed by atoms with E-state index in [2.05, 4.69) is 42.1 Å². The summed E-state index contributed by atoms with van der Waals surface area (Å²) in [6.07, 6.45) is 9.11. The van der Waals surface area contributed by atoms with Crippen molar-refractivity contribution in [3.8, 4) is 17.0 Å². The molecule has 3 unspecified atom stereocenters. The Morgan fingerprint density at radius 2 is 1.65 bits per heavy atom. The average molecular weight is 773 g/mol. The van der Waals surface area contributed by atoms with Crippen LogP contribution >= 0.6 is 0 Å². The number of rotatable bonds is 8. The molecule has 4 saturated heterocycles.